The van der Waals surface area contributed by atoms with Crippen molar-refractivity contribution in [1.82, 2.24) is 4.98 Å². The molecule has 4 aliphatic carbocycles. The van der Waals surface area contributed by atoms with Gasteiger partial charge < -0.3 is 11.1 Å². The first-order valence-corrected chi connectivity index (χ1v) is 8.65. The summed E-state index contributed by atoms with van der Waals surface area (Å²) in [5.41, 5.74) is 7.15. The molecule has 4 aliphatic rings. The fourth-order valence-electron chi connectivity index (χ4n) is 5.26. The van der Waals surface area contributed by atoms with Gasteiger partial charge in [-0.05, 0) is 61.8 Å². The van der Waals surface area contributed by atoms with Gasteiger partial charge in [-0.1, -0.05) is 11.6 Å². The molecule has 5 rings (SSSR count). The molecule has 4 fully saturated rings. The lowest BCUT2D eigenvalue weighted by Crippen LogP contribution is -2.51. The zero-order chi connectivity index (χ0) is 15.3. The third-order valence-electron chi connectivity index (χ3n) is 5.87. The van der Waals surface area contributed by atoms with Crippen LogP contribution in [0.25, 0.3) is 0 Å². The number of hydrogen-bond acceptors (Lipinski definition) is 3. The number of nitrogens with two attached hydrogens (primary N) is 1. The zero-order valence-electron chi connectivity index (χ0n) is 12.6. The highest BCUT2D eigenvalue weighted by Crippen LogP contribution is 2.54. The van der Waals surface area contributed by atoms with Crippen molar-refractivity contribution in [2.45, 2.75) is 44.6 Å². The number of aromatic nitrogens is 1. The van der Waals surface area contributed by atoms with E-state index in [-0.39, 0.29) is 12.3 Å². The SMILES string of the molecule is NC(=O)Cc1cnc(Cl)cc1NC1C2CC3CC(C2)CC1C3. The molecule has 0 spiro atoms. The van der Waals surface area contributed by atoms with Gasteiger partial charge in [-0.2, -0.15) is 0 Å². The summed E-state index contributed by atoms with van der Waals surface area (Å²) >= 11 is 6.05. The summed E-state index contributed by atoms with van der Waals surface area (Å²) in [4.78, 5) is 15.4. The number of nitrogens with one attached hydrogen (secondary N) is 1. The third kappa shape index (κ3) is 2.58. The fourth-order valence-corrected chi connectivity index (χ4v) is 5.42. The van der Waals surface area contributed by atoms with E-state index in [2.05, 4.69) is 10.3 Å². The summed E-state index contributed by atoms with van der Waals surface area (Å²) in [7, 11) is 0. The standard InChI is InChI=1S/C17H22ClN3O/c18-15-7-14(13(8-20-15)6-16(19)22)21-17-11-2-9-1-10(4-11)5-12(17)3-9/h7-12,17H,1-6H2,(H2,19,22)(H,20,21). The van der Waals surface area contributed by atoms with Crippen LogP contribution in [-0.4, -0.2) is 16.9 Å². The first-order chi connectivity index (χ1) is 10.6. The van der Waals surface area contributed by atoms with Crippen molar-refractivity contribution in [3.05, 3.63) is 23.0 Å². The molecule has 1 heterocycles. The van der Waals surface area contributed by atoms with Crippen molar-refractivity contribution in [3.8, 4) is 0 Å². The molecule has 4 saturated carbocycles. The maximum Gasteiger partial charge on any atom is 0.221 e. The van der Waals surface area contributed by atoms with Crippen molar-refractivity contribution in [1.29, 1.82) is 0 Å². The second-order valence-electron chi connectivity index (χ2n) is 7.41. The molecule has 1 amide bonds. The quantitative estimate of drug-likeness (QED) is 0.838. The van der Waals surface area contributed by atoms with Gasteiger partial charge in [0.15, 0.2) is 0 Å². The maximum absolute atomic E-state index is 11.3. The number of halogens is 1. The number of hydrogen-bond donors (Lipinski definition) is 2. The second-order valence-corrected chi connectivity index (χ2v) is 7.80. The summed E-state index contributed by atoms with van der Waals surface area (Å²) in [5, 5.41) is 4.16. The average Bonchev–Trinajstić information content (AvgIpc) is 2.44. The van der Waals surface area contributed by atoms with Gasteiger partial charge in [0, 0.05) is 23.5 Å². The van der Waals surface area contributed by atoms with Gasteiger partial charge in [-0.3, -0.25) is 4.79 Å². The van der Waals surface area contributed by atoms with Crippen LogP contribution in [0.2, 0.25) is 5.15 Å². The molecular weight excluding hydrogens is 298 g/mol. The highest BCUT2D eigenvalue weighted by molar-refractivity contribution is 6.29. The summed E-state index contributed by atoms with van der Waals surface area (Å²) < 4.78 is 0. The summed E-state index contributed by atoms with van der Waals surface area (Å²) in [5.74, 6) is 3.10. The van der Waals surface area contributed by atoms with Crippen LogP contribution in [0, 0.1) is 23.7 Å². The molecule has 0 saturated heterocycles. The van der Waals surface area contributed by atoms with Crippen LogP contribution >= 0.6 is 11.6 Å². The summed E-state index contributed by atoms with van der Waals surface area (Å²) in [6, 6.07) is 2.35. The molecule has 0 unspecified atom stereocenters. The van der Waals surface area contributed by atoms with Gasteiger partial charge >= 0.3 is 0 Å². The number of nitrogens with zero attached hydrogens (tertiary/aromatic N) is 1. The van der Waals surface area contributed by atoms with Crippen molar-refractivity contribution in [3.63, 3.8) is 0 Å². The van der Waals surface area contributed by atoms with Crippen LogP contribution in [-0.2, 0) is 11.2 Å². The molecule has 3 N–H and O–H groups in total. The van der Waals surface area contributed by atoms with Gasteiger partial charge in [0.1, 0.15) is 5.15 Å². The van der Waals surface area contributed by atoms with Gasteiger partial charge in [-0.15, -0.1) is 0 Å². The highest BCUT2D eigenvalue weighted by Gasteiger charge is 2.48. The van der Waals surface area contributed by atoms with Crippen LogP contribution < -0.4 is 11.1 Å². The fraction of sp³-hybridized carbons (Fsp3) is 0.647. The van der Waals surface area contributed by atoms with E-state index in [9.17, 15) is 4.79 Å². The number of carbonyl (C=O) groups excluding carboxylic acids is 1. The smallest absolute Gasteiger partial charge is 0.221 e. The normalized spacial score (nSPS) is 35.6. The van der Waals surface area contributed by atoms with Crippen molar-refractivity contribution in [2.75, 3.05) is 5.32 Å². The largest absolute Gasteiger partial charge is 0.381 e. The molecule has 1 aromatic rings. The number of anilines is 1. The van der Waals surface area contributed by atoms with E-state index in [1.807, 2.05) is 6.07 Å². The minimum Gasteiger partial charge on any atom is -0.381 e. The van der Waals surface area contributed by atoms with Gasteiger partial charge in [0.2, 0.25) is 5.91 Å². The minimum absolute atomic E-state index is 0.208. The lowest BCUT2D eigenvalue weighted by Gasteiger charge is -2.54. The topological polar surface area (TPSA) is 68.0 Å². The van der Waals surface area contributed by atoms with Crippen LogP contribution in [0.4, 0.5) is 5.69 Å². The first kappa shape index (κ1) is 14.3. The maximum atomic E-state index is 11.3. The zero-order valence-corrected chi connectivity index (χ0v) is 13.4. The van der Waals surface area contributed by atoms with Crippen molar-refractivity contribution < 1.29 is 4.79 Å². The molecule has 118 valence electrons. The van der Waals surface area contributed by atoms with E-state index in [1.54, 1.807) is 6.20 Å². The first-order valence-electron chi connectivity index (χ1n) is 8.27. The Labute approximate surface area is 135 Å². The molecule has 0 radical (unpaired) electrons. The Balaban J connectivity index is 1.58. The number of rotatable bonds is 4. The van der Waals surface area contributed by atoms with Crippen LogP contribution in [0.3, 0.4) is 0 Å². The molecule has 1 aromatic heterocycles. The number of amides is 1. The minimum atomic E-state index is -0.336. The average molecular weight is 320 g/mol. The van der Waals surface area contributed by atoms with Gasteiger partial charge in [0.25, 0.3) is 0 Å². The Hall–Kier alpha value is -1.29. The van der Waals surface area contributed by atoms with Crippen LogP contribution in [0.15, 0.2) is 12.3 Å². The molecule has 22 heavy (non-hydrogen) atoms. The molecule has 0 aliphatic heterocycles. The van der Waals surface area contributed by atoms with Gasteiger partial charge in [0.05, 0.1) is 6.42 Å². The predicted octanol–water partition coefficient (Wildman–Crippen LogP) is 3.00. The monoisotopic (exact) mass is 319 g/mol. The third-order valence-corrected chi connectivity index (χ3v) is 6.07. The van der Waals surface area contributed by atoms with Crippen molar-refractivity contribution in [2.24, 2.45) is 29.4 Å². The molecule has 0 aromatic carbocycles. The molecule has 5 heteroatoms. The second kappa shape index (κ2) is 5.41. The molecule has 4 bridgehead atoms. The van der Waals surface area contributed by atoms with E-state index in [0.29, 0.717) is 11.2 Å². The Morgan fingerprint density at radius 2 is 1.86 bits per heavy atom. The molecular formula is C17H22ClN3O. The Morgan fingerprint density at radius 1 is 1.23 bits per heavy atom. The van der Waals surface area contributed by atoms with Crippen LogP contribution in [0.5, 0.6) is 0 Å². The number of carbonyl (C=O) groups is 1. The van der Waals surface area contributed by atoms with Gasteiger partial charge in [-0.25, -0.2) is 4.98 Å². The predicted molar refractivity (Wildman–Crippen MR) is 86.6 cm³/mol. The molecule has 4 nitrogen and oxygen atoms in total. The lowest BCUT2D eigenvalue weighted by atomic mass is 9.54. The summed E-state index contributed by atoms with van der Waals surface area (Å²) in [6.45, 7) is 0. The Bertz CT molecular complexity index is 576. The number of pyridine rings is 1. The summed E-state index contributed by atoms with van der Waals surface area (Å²) in [6.07, 6.45) is 8.76. The van der Waals surface area contributed by atoms with E-state index in [0.717, 1.165) is 34.9 Å². The van der Waals surface area contributed by atoms with E-state index in [4.69, 9.17) is 17.3 Å². The van der Waals surface area contributed by atoms with E-state index < -0.39 is 0 Å². The Morgan fingerprint density at radius 3 is 2.45 bits per heavy atom. The lowest BCUT2D eigenvalue weighted by molar-refractivity contribution is -0.117. The van der Waals surface area contributed by atoms with E-state index in [1.165, 1.54) is 32.1 Å². The van der Waals surface area contributed by atoms with E-state index >= 15 is 0 Å². The Kier molecular flexibility index (Phi) is 3.52. The highest BCUT2D eigenvalue weighted by atomic mass is 35.5. The number of primary amides is 1. The molecule has 0 atom stereocenters. The van der Waals surface area contributed by atoms with Crippen LogP contribution in [0.1, 0.15) is 37.7 Å². The van der Waals surface area contributed by atoms with Crippen molar-refractivity contribution >= 4 is 23.2 Å².